The minimum atomic E-state index is 0.145. The van der Waals surface area contributed by atoms with Gasteiger partial charge >= 0.3 is 0 Å². The molecule has 0 saturated carbocycles. The molecule has 0 aliphatic heterocycles. The zero-order valence-corrected chi connectivity index (χ0v) is 11.9. The van der Waals surface area contributed by atoms with Crippen LogP contribution < -0.4 is 5.32 Å². The first-order valence-electron chi connectivity index (χ1n) is 6.30. The Labute approximate surface area is 111 Å². The normalized spacial score (nSPS) is 12.8. The molecule has 0 amide bonds. The van der Waals surface area contributed by atoms with Gasteiger partial charge in [0.2, 0.25) is 0 Å². The van der Waals surface area contributed by atoms with Crippen LogP contribution in [0.2, 0.25) is 0 Å². The highest BCUT2D eigenvalue weighted by molar-refractivity contribution is 7.05. The van der Waals surface area contributed by atoms with Crippen LogP contribution in [0.25, 0.3) is 0 Å². The predicted octanol–water partition coefficient (Wildman–Crippen LogP) is 2.02. The number of nitrogens with zero attached hydrogens (tertiary/aromatic N) is 4. The van der Waals surface area contributed by atoms with Crippen LogP contribution in [0.1, 0.15) is 42.4 Å². The second-order valence-electron chi connectivity index (χ2n) is 4.18. The molecule has 0 radical (unpaired) electrons. The molecule has 0 aliphatic carbocycles. The second-order valence-corrected chi connectivity index (χ2v) is 4.97. The van der Waals surface area contributed by atoms with Crippen molar-refractivity contribution in [2.24, 2.45) is 0 Å². The molecule has 0 saturated heterocycles. The Morgan fingerprint density at radius 3 is 2.89 bits per heavy atom. The number of hydrogen-bond acceptors (Lipinski definition) is 5. The monoisotopic (exact) mass is 265 g/mol. The largest absolute Gasteiger partial charge is 0.308 e. The zero-order valence-electron chi connectivity index (χ0n) is 11.1. The van der Waals surface area contributed by atoms with Crippen LogP contribution in [0.5, 0.6) is 0 Å². The van der Waals surface area contributed by atoms with Crippen molar-refractivity contribution >= 4 is 11.5 Å². The average molecular weight is 265 g/mol. The summed E-state index contributed by atoms with van der Waals surface area (Å²) in [7, 11) is 1.96. The van der Waals surface area contributed by atoms with E-state index in [2.05, 4.69) is 40.0 Å². The maximum absolute atomic E-state index is 4.33. The summed E-state index contributed by atoms with van der Waals surface area (Å²) in [5.74, 6) is 0. The molecule has 1 unspecified atom stereocenters. The van der Waals surface area contributed by atoms with Crippen LogP contribution in [-0.2, 0) is 13.0 Å². The molecule has 0 aromatic carbocycles. The first-order valence-corrected chi connectivity index (χ1v) is 7.08. The Bertz CT molecular complexity index is 490. The van der Waals surface area contributed by atoms with Crippen LogP contribution in [-0.4, -0.2) is 26.4 Å². The average Bonchev–Trinajstić information content (AvgIpc) is 3.01. The lowest BCUT2D eigenvalue weighted by molar-refractivity contribution is 0.653. The zero-order chi connectivity index (χ0) is 13.0. The lowest BCUT2D eigenvalue weighted by Crippen LogP contribution is -2.17. The summed E-state index contributed by atoms with van der Waals surface area (Å²) in [5, 5.41) is 11.9. The van der Waals surface area contributed by atoms with Crippen LogP contribution in [0.3, 0.4) is 0 Å². The van der Waals surface area contributed by atoms with Crippen molar-refractivity contribution < 1.29 is 0 Å². The molecule has 0 spiro atoms. The van der Waals surface area contributed by atoms with E-state index in [4.69, 9.17) is 0 Å². The third kappa shape index (κ3) is 2.59. The van der Waals surface area contributed by atoms with E-state index in [1.807, 2.05) is 17.9 Å². The first kappa shape index (κ1) is 13.2. The van der Waals surface area contributed by atoms with E-state index < -0.39 is 0 Å². The summed E-state index contributed by atoms with van der Waals surface area (Å²) < 4.78 is 6.02. The minimum absolute atomic E-state index is 0.145. The molecule has 2 heterocycles. The van der Waals surface area contributed by atoms with E-state index in [1.165, 1.54) is 22.0 Å². The topological polar surface area (TPSA) is 55.6 Å². The second kappa shape index (κ2) is 6.06. The van der Waals surface area contributed by atoms with E-state index in [0.717, 1.165) is 25.1 Å². The number of aryl methyl sites for hydroxylation is 2. The van der Waals surface area contributed by atoms with Gasteiger partial charge in [-0.3, -0.25) is 4.68 Å². The summed E-state index contributed by atoms with van der Waals surface area (Å²) in [6.45, 7) is 5.13. The summed E-state index contributed by atoms with van der Waals surface area (Å²) in [5.41, 5.74) is 2.27. The van der Waals surface area contributed by atoms with Gasteiger partial charge in [0.1, 0.15) is 0 Å². The van der Waals surface area contributed by atoms with Crippen LogP contribution in [0.4, 0.5) is 0 Å². The maximum atomic E-state index is 4.33. The molecule has 6 heteroatoms. The molecule has 1 N–H and O–H groups in total. The van der Waals surface area contributed by atoms with E-state index in [9.17, 15) is 0 Å². The molecular formula is C12H19N5S. The highest BCUT2D eigenvalue weighted by Crippen LogP contribution is 2.27. The van der Waals surface area contributed by atoms with Crippen molar-refractivity contribution in [3.05, 3.63) is 28.5 Å². The summed E-state index contributed by atoms with van der Waals surface area (Å²) in [4.78, 5) is 1.20. The van der Waals surface area contributed by atoms with E-state index in [-0.39, 0.29) is 6.04 Å². The van der Waals surface area contributed by atoms with Crippen molar-refractivity contribution in [3.63, 3.8) is 0 Å². The first-order chi connectivity index (χ1) is 8.80. The van der Waals surface area contributed by atoms with Gasteiger partial charge in [0.25, 0.3) is 0 Å². The molecule has 1 atom stereocenters. The van der Waals surface area contributed by atoms with E-state index in [0.29, 0.717) is 0 Å². The van der Waals surface area contributed by atoms with Crippen LogP contribution >= 0.6 is 11.5 Å². The quantitative estimate of drug-likeness (QED) is 0.868. The van der Waals surface area contributed by atoms with Crippen LogP contribution in [0, 0.1) is 0 Å². The van der Waals surface area contributed by atoms with Gasteiger partial charge in [-0.15, -0.1) is 5.10 Å². The molecule has 18 heavy (non-hydrogen) atoms. The van der Waals surface area contributed by atoms with Gasteiger partial charge in [-0.2, -0.15) is 5.10 Å². The van der Waals surface area contributed by atoms with Gasteiger partial charge in [-0.25, -0.2) is 0 Å². The molecule has 0 bridgehead atoms. The number of hydrogen-bond donors (Lipinski definition) is 1. The lowest BCUT2D eigenvalue weighted by atomic mass is 10.1. The number of nitrogens with one attached hydrogen (secondary N) is 1. The molecular weight excluding hydrogens is 246 g/mol. The highest BCUT2D eigenvalue weighted by atomic mass is 32.1. The summed E-state index contributed by atoms with van der Waals surface area (Å²) >= 11 is 1.47. The fraction of sp³-hybridized carbons (Fsp3) is 0.583. The van der Waals surface area contributed by atoms with Gasteiger partial charge in [0, 0.05) is 18.3 Å². The van der Waals surface area contributed by atoms with Crippen molar-refractivity contribution in [1.29, 1.82) is 0 Å². The van der Waals surface area contributed by atoms with Crippen molar-refractivity contribution in [3.8, 4) is 0 Å². The molecule has 2 aromatic rings. The highest BCUT2D eigenvalue weighted by Gasteiger charge is 2.20. The SMILES string of the molecule is CCCc1nnsc1C(NC)c1cnn(CC)c1. The Balaban J connectivity index is 2.29. The predicted molar refractivity (Wildman–Crippen MR) is 72.7 cm³/mol. The molecule has 5 nitrogen and oxygen atoms in total. The van der Waals surface area contributed by atoms with Crippen molar-refractivity contribution in [1.82, 2.24) is 24.7 Å². The maximum Gasteiger partial charge on any atom is 0.0807 e. The fourth-order valence-electron chi connectivity index (χ4n) is 2.00. The van der Waals surface area contributed by atoms with Crippen molar-refractivity contribution in [2.45, 2.75) is 39.3 Å². The number of aromatic nitrogens is 4. The summed E-state index contributed by atoms with van der Waals surface area (Å²) in [6, 6.07) is 0.145. The van der Waals surface area contributed by atoms with E-state index >= 15 is 0 Å². The van der Waals surface area contributed by atoms with E-state index in [1.54, 1.807) is 0 Å². The number of rotatable bonds is 6. The van der Waals surface area contributed by atoms with Gasteiger partial charge < -0.3 is 5.32 Å². The smallest absolute Gasteiger partial charge is 0.0807 e. The van der Waals surface area contributed by atoms with Gasteiger partial charge in [0.15, 0.2) is 0 Å². The molecule has 98 valence electrons. The molecule has 2 rings (SSSR count). The third-order valence-corrected chi connectivity index (χ3v) is 3.76. The molecule has 0 fully saturated rings. The molecule has 0 aliphatic rings. The molecule has 2 aromatic heterocycles. The van der Waals surface area contributed by atoms with Gasteiger partial charge in [-0.05, 0) is 31.9 Å². The third-order valence-electron chi connectivity index (χ3n) is 2.93. The summed E-state index contributed by atoms with van der Waals surface area (Å²) in [6.07, 6.45) is 6.06. The van der Waals surface area contributed by atoms with Crippen LogP contribution in [0.15, 0.2) is 12.4 Å². The Hall–Kier alpha value is -1.27. The Morgan fingerprint density at radius 1 is 1.44 bits per heavy atom. The lowest BCUT2D eigenvalue weighted by Gasteiger charge is -2.13. The fourth-order valence-corrected chi connectivity index (χ4v) is 2.83. The standard InChI is InChI=1S/C12H19N5S/c1-4-6-10-12(18-16-15-10)11(13-3)9-7-14-17(5-2)8-9/h7-8,11,13H,4-6H2,1-3H3. The van der Waals surface area contributed by atoms with Gasteiger partial charge in [0.05, 0.1) is 22.8 Å². The Morgan fingerprint density at radius 2 is 2.28 bits per heavy atom. The van der Waals surface area contributed by atoms with Gasteiger partial charge in [-0.1, -0.05) is 17.8 Å². The van der Waals surface area contributed by atoms with Crippen molar-refractivity contribution in [2.75, 3.05) is 7.05 Å². The minimum Gasteiger partial charge on any atom is -0.308 e. The Kier molecular flexibility index (Phi) is 4.43.